The van der Waals surface area contributed by atoms with Crippen LogP contribution in [0.1, 0.15) is 24.7 Å². The number of aromatic amines is 1. The van der Waals surface area contributed by atoms with Crippen LogP contribution in [0.2, 0.25) is 0 Å². The van der Waals surface area contributed by atoms with Crippen LogP contribution in [0, 0.1) is 0 Å². The van der Waals surface area contributed by atoms with E-state index in [1.54, 1.807) is 23.9 Å². The predicted molar refractivity (Wildman–Crippen MR) is 121 cm³/mol. The molecule has 4 aromatic rings. The number of carbonyl (C=O) groups is 1. The molecular formula is C22H23N5O2S. The Morgan fingerprint density at radius 1 is 1.17 bits per heavy atom. The molecule has 1 atom stereocenters. The van der Waals surface area contributed by atoms with Crippen molar-refractivity contribution in [2.75, 3.05) is 12.0 Å². The second-order valence-corrected chi connectivity index (χ2v) is 8.04. The highest BCUT2D eigenvalue weighted by Gasteiger charge is 2.18. The van der Waals surface area contributed by atoms with Crippen LogP contribution in [-0.2, 0) is 11.3 Å². The normalized spacial score (nSPS) is 12.3. The first-order chi connectivity index (χ1) is 14.7. The second-order valence-electron chi connectivity index (χ2n) is 7.05. The Hall–Kier alpha value is -3.13. The van der Waals surface area contributed by atoms with Crippen molar-refractivity contribution in [3.05, 3.63) is 71.0 Å². The molecule has 0 radical (unpaired) electrons. The summed E-state index contributed by atoms with van der Waals surface area (Å²) >= 11 is 1.73. The van der Waals surface area contributed by atoms with Gasteiger partial charge in [0, 0.05) is 13.0 Å². The van der Waals surface area contributed by atoms with Crippen LogP contribution in [0.15, 0.2) is 59.7 Å². The summed E-state index contributed by atoms with van der Waals surface area (Å²) in [7, 11) is 0. The third-order valence-electron chi connectivity index (χ3n) is 4.99. The molecule has 2 N–H and O–H groups in total. The van der Waals surface area contributed by atoms with Crippen LogP contribution in [0.4, 0.5) is 0 Å². The molecule has 1 amide bonds. The van der Waals surface area contributed by atoms with E-state index >= 15 is 0 Å². The number of hydrogen-bond donors (Lipinski definition) is 2. The van der Waals surface area contributed by atoms with Gasteiger partial charge < -0.3 is 10.3 Å². The van der Waals surface area contributed by atoms with Crippen molar-refractivity contribution in [3.63, 3.8) is 0 Å². The molecule has 0 saturated carbocycles. The average molecular weight is 422 g/mol. The van der Waals surface area contributed by atoms with Crippen LogP contribution in [0.5, 0.6) is 0 Å². The van der Waals surface area contributed by atoms with E-state index in [0.29, 0.717) is 10.9 Å². The molecule has 0 fully saturated rings. The van der Waals surface area contributed by atoms with Gasteiger partial charge in [0.15, 0.2) is 0 Å². The molecule has 2 heterocycles. The van der Waals surface area contributed by atoms with Gasteiger partial charge in [-0.1, -0.05) is 24.3 Å². The Bertz CT molecular complexity index is 1200. The molecule has 2 aromatic heterocycles. The minimum atomic E-state index is -0.205. The number of nitrogens with zero attached hydrogens (tertiary/aromatic N) is 3. The summed E-state index contributed by atoms with van der Waals surface area (Å²) in [5, 5.41) is 3.63. The number of carbonyl (C=O) groups excluding carboxylic acids is 1. The first-order valence-electron chi connectivity index (χ1n) is 9.83. The molecule has 0 spiro atoms. The lowest BCUT2D eigenvalue weighted by Gasteiger charge is -2.16. The highest BCUT2D eigenvalue weighted by atomic mass is 32.2. The van der Waals surface area contributed by atoms with E-state index in [1.807, 2.05) is 42.7 Å². The number of amides is 1. The zero-order valence-electron chi connectivity index (χ0n) is 16.7. The summed E-state index contributed by atoms with van der Waals surface area (Å²) in [6, 6.07) is 14.8. The van der Waals surface area contributed by atoms with Gasteiger partial charge >= 0.3 is 0 Å². The summed E-state index contributed by atoms with van der Waals surface area (Å²) < 4.78 is 1.49. The van der Waals surface area contributed by atoms with E-state index in [9.17, 15) is 9.59 Å². The van der Waals surface area contributed by atoms with Crippen LogP contribution in [0.3, 0.4) is 0 Å². The van der Waals surface area contributed by atoms with Crippen LogP contribution in [0.25, 0.3) is 21.9 Å². The molecule has 0 bridgehead atoms. The molecule has 8 heteroatoms. The van der Waals surface area contributed by atoms with Gasteiger partial charge in [-0.3, -0.25) is 14.2 Å². The molecule has 0 saturated heterocycles. The van der Waals surface area contributed by atoms with Crippen molar-refractivity contribution >= 4 is 39.6 Å². The largest absolute Gasteiger partial charge is 0.346 e. The van der Waals surface area contributed by atoms with Crippen molar-refractivity contribution in [1.82, 2.24) is 24.8 Å². The van der Waals surface area contributed by atoms with Gasteiger partial charge in [-0.05, 0) is 42.7 Å². The molecule has 7 nitrogen and oxygen atoms in total. The predicted octanol–water partition coefficient (Wildman–Crippen LogP) is 3.27. The van der Waals surface area contributed by atoms with Crippen LogP contribution in [-0.4, -0.2) is 37.4 Å². The first-order valence-corrected chi connectivity index (χ1v) is 11.2. The smallest absolute Gasteiger partial charge is 0.261 e. The number of thioether (sulfide) groups is 1. The summed E-state index contributed by atoms with van der Waals surface area (Å²) in [4.78, 5) is 37.5. The minimum absolute atomic E-state index is 0.124. The quantitative estimate of drug-likeness (QED) is 0.455. The van der Waals surface area contributed by atoms with E-state index in [4.69, 9.17) is 0 Å². The Kier molecular flexibility index (Phi) is 6.13. The van der Waals surface area contributed by atoms with Crippen molar-refractivity contribution in [2.45, 2.75) is 25.4 Å². The number of H-pyrrole nitrogens is 1. The fourth-order valence-corrected chi connectivity index (χ4v) is 3.88. The lowest BCUT2D eigenvalue weighted by molar-refractivity contribution is -0.122. The Morgan fingerprint density at radius 2 is 1.93 bits per heavy atom. The Labute approximate surface area is 177 Å². The third kappa shape index (κ3) is 4.38. The van der Waals surface area contributed by atoms with Gasteiger partial charge in [0.1, 0.15) is 5.82 Å². The third-order valence-corrected chi connectivity index (χ3v) is 5.64. The molecule has 0 unspecified atom stereocenters. The first kappa shape index (κ1) is 20.2. The Morgan fingerprint density at radius 3 is 2.73 bits per heavy atom. The number of hydrogen-bond acceptors (Lipinski definition) is 5. The van der Waals surface area contributed by atoms with Gasteiger partial charge in [-0.2, -0.15) is 11.8 Å². The fraction of sp³-hybridized carbons (Fsp3) is 0.273. The maximum Gasteiger partial charge on any atom is 0.261 e. The number of fused-ring (bicyclic) bond motifs is 2. The highest BCUT2D eigenvalue weighted by molar-refractivity contribution is 7.98. The van der Waals surface area contributed by atoms with Gasteiger partial charge in [0.2, 0.25) is 5.91 Å². The SMILES string of the molecule is CSCC[C@@H](NC(=O)CCn1cnc2ccccc2c1=O)c1nc2ccccc2[nH]1. The van der Waals surface area contributed by atoms with Gasteiger partial charge in [-0.25, -0.2) is 9.97 Å². The molecule has 0 aliphatic heterocycles. The molecule has 154 valence electrons. The van der Waals surface area contributed by atoms with E-state index in [0.717, 1.165) is 29.0 Å². The summed E-state index contributed by atoms with van der Waals surface area (Å²) in [6.45, 7) is 0.276. The summed E-state index contributed by atoms with van der Waals surface area (Å²) in [5.74, 6) is 1.53. The molecule has 0 aliphatic rings. The van der Waals surface area contributed by atoms with Crippen molar-refractivity contribution < 1.29 is 4.79 Å². The average Bonchev–Trinajstić information content (AvgIpc) is 3.20. The summed E-state index contributed by atoms with van der Waals surface area (Å²) in [6.07, 6.45) is 4.50. The molecule has 4 rings (SSSR count). The zero-order chi connectivity index (χ0) is 20.9. The van der Waals surface area contributed by atoms with Crippen molar-refractivity contribution in [3.8, 4) is 0 Å². The lowest BCUT2D eigenvalue weighted by atomic mass is 10.2. The lowest BCUT2D eigenvalue weighted by Crippen LogP contribution is -2.31. The van der Waals surface area contributed by atoms with E-state index < -0.39 is 0 Å². The van der Waals surface area contributed by atoms with E-state index in [-0.39, 0.29) is 30.5 Å². The van der Waals surface area contributed by atoms with Crippen molar-refractivity contribution in [2.24, 2.45) is 0 Å². The van der Waals surface area contributed by atoms with Crippen LogP contribution >= 0.6 is 11.8 Å². The van der Waals surface area contributed by atoms with Gasteiger partial charge in [0.25, 0.3) is 5.56 Å². The number of aryl methyl sites for hydroxylation is 1. The van der Waals surface area contributed by atoms with Crippen molar-refractivity contribution in [1.29, 1.82) is 0 Å². The molecule has 30 heavy (non-hydrogen) atoms. The van der Waals surface area contributed by atoms with Gasteiger partial charge in [-0.15, -0.1) is 0 Å². The number of rotatable bonds is 8. The standard InChI is InChI=1S/C22H23N5O2S/c1-30-13-11-19(21-25-17-8-4-5-9-18(17)26-21)24-20(28)10-12-27-14-23-16-7-3-2-6-15(16)22(27)29/h2-9,14,19H,10-13H2,1H3,(H,24,28)(H,25,26)/t19-/m1/s1. The monoisotopic (exact) mass is 421 g/mol. The molecular weight excluding hydrogens is 398 g/mol. The number of benzene rings is 2. The van der Waals surface area contributed by atoms with Gasteiger partial charge in [0.05, 0.1) is 34.3 Å². The van der Waals surface area contributed by atoms with E-state index in [2.05, 4.69) is 20.3 Å². The highest BCUT2D eigenvalue weighted by Crippen LogP contribution is 2.20. The maximum atomic E-state index is 12.7. The Balaban J connectivity index is 1.46. The summed E-state index contributed by atoms with van der Waals surface area (Å²) in [5.41, 5.74) is 2.35. The maximum absolute atomic E-state index is 12.7. The van der Waals surface area contributed by atoms with E-state index in [1.165, 1.54) is 10.9 Å². The zero-order valence-corrected chi connectivity index (χ0v) is 17.5. The molecule has 0 aliphatic carbocycles. The molecule has 2 aromatic carbocycles. The topological polar surface area (TPSA) is 92.7 Å². The fourth-order valence-electron chi connectivity index (χ4n) is 3.40. The number of nitrogens with one attached hydrogen (secondary N) is 2. The number of imidazole rings is 1. The number of aromatic nitrogens is 4. The number of para-hydroxylation sites is 3. The minimum Gasteiger partial charge on any atom is -0.346 e. The second kappa shape index (κ2) is 9.13. The van der Waals surface area contributed by atoms with Crippen LogP contribution < -0.4 is 10.9 Å².